The van der Waals surface area contributed by atoms with E-state index < -0.39 is 0 Å². The Balaban J connectivity index is 1.45. The maximum Gasteiger partial charge on any atom is 0.274 e. The van der Waals surface area contributed by atoms with Gasteiger partial charge in [-0.25, -0.2) is 15.0 Å². The summed E-state index contributed by atoms with van der Waals surface area (Å²) in [5.74, 6) is 0.474. The van der Waals surface area contributed by atoms with Crippen molar-refractivity contribution in [1.82, 2.24) is 24.3 Å². The summed E-state index contributed by atoms with van der Waals surface area (Å²) >= 11 is 0. The maximum atomic E-state index is 12.8. The Morgan fingerprint density at radius 2 is 2.11 bits per heavy atom. The van der Waals surface area contributed by atoms with E-state index in [1.807, 2.05) is 19.1 Å². The number of imidazole rings is 1. The average molecular weight is 364 g/mol. The van der Waals surface area contributed by atoms with Crippen LogP contribution in [0.1, 0.15) is 29.0 Å². The smallest absolute Gasteiger partial charge is 0.274 e. The first-order valence-corrected chi connectivity index (χ1v) is 8.94. The largest absolute Gasteiger partial charge is 0.336 e. The van der Waals surface area contributed by atoms with E-state index in [9.17, 15) is 9.59 Å². The molecule has 1 unspecified atom stereocenters. The molecule has 8 nitrogen and oxygen atoms in total. The molecule has 0 bridgehead atoms. The first-order valence-electron chi connectivity index (χ1n) is 8.94. The van der Waals surface area contributed by atoms with Crippen molar-refractivity contribution in [2.45, 2.75) is 19.8 Å². The zero-order valence-electron chi connectivity index (χ0n) is 15.0. The summed E-state index contributed by atoms with van der Waals surface area (Å²) in [6, 6.07) is 7.27. The molecule has 0 aliphatic carbocycles. The quantitative estimate of drug-likeness (QED) is 0.766. The van der Waals surface area contributed by atoms with Crippen molar-refractivity contribution in [1.29, 1.82) is 0 Å². The van der Waals surface area contributed by atoms with Crippen LogP contribution in [0.15, 0.2) is 42.9 Å². The molecule has 1 aliphatic rings. The summed E-state index contributed by atoms with van der Waals surface area (Å²) in [6.45, 7) is 2.87. The number of aromatic nitrogens is 4. The molecular formula is C19H20N6O2. The van der Waals surface area contributed by atoms with E-state index in [0.29, 0.717) is 30.4 Å². The molecule has 1 atom stereocenters. The van der Waals surface area contributed by atoms with Crippen molar-refractivity contribution in [3.63, 3.8) is 0 Å². The third-order valence-corrected chi connectivity index (χ3v) is 4.67. The second-order valence-corrected chi connectivity index (χ2v) is 6.70. The van der Waals surface area contributed by atoms with Gasteiger partial charge in [0.25, 0.3) is 5.91 Å². The Kier molecular flexibility index (Phi) is 4.53. The zero-order valence-corrected chi connectivity index (χ0v) is 15.0. The van der Waals surface area contributed by atoms with Crippen LogP contribution in [0.3, 0.4) is 0 Å². The van der Waals surface area contributed by atoms with E-state index in [-0.39, 0.29) is 17.7 Å². The summed E-state index contributed by atoms with van der Waals surface area (Å²) in [4.78, 5) is 39.8. The first-order chi connectivity index (χ1) is 13.1. The minimum Gasteiger partial charge on any atom is -0.336 e. The molecule has 0 spiro atoms. The Labute approximate surface area is 156 Å². The van der Waals surface area contributed by atoms with Crippen molar-refractivity contribution in [2.75, 3.05) is 18.4 Å². The Hall–Kier alpha value is -3.29. The lowest BCUT2D eigenvalue weighted by Gasteiger charge is -2.31. The maximum absolute atomic E-state index is 12.8. The molecule has 1 N–H and O–H groups in total. The monoisotopic (exact) mass is 364 g/mol. The second kappa shape index (κ2) is 7.14. The second-order valence-electron chi connectivity index (χ2n) is 6.70. The van der Waals surface area contributed by atoms with Gasteiger partial charge < -0.3 is 10.2 Å². The molecule has 3 aromatic rings. The van der Waals surface area contributed by atoms with Crippen LogP contribution in [0, 0.1) is 12.8 Å². The van der Waals surface area contributed by atoms with Crippen LogP contribution in [0.25, 0.3) is 5.78 Å². The fourth-order valence-electron chi connectivity index (χ4n) is 3.31. The van der Waals surface area contributed by atoms with E-state index in [1.165, 1.54) is 0 Å². The minimum absolute atomic E-state index is 0.109. The van der Waals surface area contributed by atoms with Gasteiger partial charge in [0.15, 0.2) is 0 Å². The van der Waals surface area contributed by atoms with Crippen LogP contribution in [0.5, 0.6) is 0 Å². The summed E-state index contributed by atoms with van der Waals surface area (Å²) in [7, 11) is 0. The molecule has 2 amide bonds. The number of pyridine rings is 1. The summed E-state index contributed by atoms with van der Waals surface area (Å²) in [6.07, 6.45) is 6.63. The van der Waals surface area contributed by atoms with Gasteiger partial charge in [-0.15, -0.1) is 0 Å². The number of nitrogens with zero attached hydrogens (tertiary/aromatic N) is 5. The molecule has 0 aromatic carbocycles. The highest BCUT2D eigenvalue weighted by Crippen LogP contribution is 2.20. The number of nitrogens with one attached hydrogen (secondary N) is 1. The number of hydrogen-bond acceptors (Lipinski definition) is 5. The lowest BCUT2D eigenvalue weighted by atomic mass is 9.97. The molecule has 4 rings (SSSR count). The van der Waals surface area contributed by atoms with Crippen LogP contribution in [0.4, 0.5) is 5.82 Å². The molecule has 3 aromatic heterocycles. The van der Waals surface area contributed by atoms with Crippen LogP contribution in [-0.4, -0.2) is 49.2 Å². The first kappa shape index (κ1) is 17.1. The van der Waals surface area contributed by atoms with Gasteiger partial charge in [-0.05, 0) is 38.0 Å². The van der Waals surface area contributed by atoms with Crippen LogP contribution in [-0.2, 0) is 4.79 Å². The highest BCUT2D eigenvalue weighted by atomic mass is 16.2. The molecule has 1 aliphatic heterocycles. The fraction of sp³-hybridized carbons (Fsp3) is 0.316. The molecule has 138 valence electrons. The van der Waals surface area contributed by atoms with Gasteiger partial charge >= 0.3 is 0 Å². The highest BCUT2D eigenvalue weighted by molar-refractivity contribution is 5.95. The lowest BCUT2D eigenvalue weighted by Crippen LogP contribution is -2.44. The van der Waals surface area contributed by atoms with Gasteiger partial charge in [-0.1, -0.05) is 6.07 Å². The number of hydrogen-bond donors (Lipinski definition) is 1. The summed E-state index contributed by atoms with van der Waals surface area (Å²) in [5.41, 5.74) is 1.18. The number of anilines is 1. The predicted molar refractivity (Wildman–Crippen MR) is 99.2 cm³/mol. The molecule has 0 radical (unpaired) electrons. The third kappa shape index (κ3) is 3.64. The van der Waals surface area contributed by atoms with Crippen molar-refractivity contribution in [3.05, 3.63) is 54.2 Å². The molecular weight excluding hydrogens is 344 g/mol. The highest BCUT2D eigenvalue weighted by Gasteiger charge is 2.30. The number of rotatable bonds is 3. The predicted octanol–water partition coefficient (Wildman–Crippen LogP) is 1.92. The Morgan fingerprint density at radius 3 is 2.93 bits per heavy atom. The van der Waals surface area contributed by atoms with E-state index in [1.54, 1.807) is 40.0 Å². The van der Waals surface area contributed by atoms with Crippen LogP contribution >= 0.6 is 0 Å². The van der Waals surface area contributed by atoms with Crippen LogP contribution in [0.2, 0.25) is 0 Å². The summed E-state index contributed by atoms with van der Waals surface area (Å²) in [5, 5.41) is 2.86. The van der Waals surface area contributed by atoms with Crippen molar-refractivity contribution in [2.24, 2.45) is 5.92 Å². The molecule has 8 heteroatoms. The number of amides is 2. The normalized spacial score (nSPS) is 17.1. The van der Waals surface area contributed by atoms with Gasteiger partial charge in [0.2, 0.25) is 11.7 Å². The molecule has 1 saturated heterocycles. The third-order valence-electron chi connectivity index (χ3n) is 4.67. The molecule has 1 fully saturated rings. The number of carbonyl (C=O) groups is 2. The number of carbonyl (C=O) groups excluding carboxylic acids is 2. The molecule has 4 heterocycles. The average Bonchev–Trinajstić information content (AvgIpc) is 3.12. The van der Waals surface area contributed by atoms with E-state index in [0.717, 1.165) is 18.5 Å². The van der Waals surface area contributed by atoms with Gasteiger partial charge in [0.1, 0.15) is 11.5 Å². The number of piperidine rings is 1. The standard InChI is InChI=1S/C19H20N6O2/c1-13-5-2-7-16(21-13)23-17(26)14-6-3-9-24(11-14)18(27)15-12-25-10-4-8-20-19(25)22-15/h2,4-5,7-8,10,12,14H,3,6,9,11H2,1H3,(H,21,23,26). The number of likely N-dealkylation sites (tertiary alicyclic amines) is 1. The lowest BCUT2D eigenvalue weighted by molar-refractivity contribution is -0.121. The van der Waals surface area contributed by atoms with Gasteiger partial charge in [0, 0.05) is 37.4 Å². The van der Waals surface area contributed by atoms with E-state index >= 15 is 0 Å². The molecule has 27 heavy (non-hydrogen) atoms. The SMILES string of the molecule is Cc1cccc(NC(=O)C2CCCN(C(=O)c3cn4cccnc4n3)C2)n1. The van der Waals surface area contributed by atoms with Crippen molar-refractivity contribution >= 4 is 23.4 Å². The minimum atomic E-state index is -0.264. The topological polar surface area (TPSA) is 92.5 Å². The molecule has 0 saturated carbocycles. The Bertz CT molecular complexity index is 966. The van der Waals surface area contributed by atoms with Crippen LogP contribution < -0.4 is 5.32 Å². The number of fused-ring (bicyclic) bond motifs is 1. The number of aryl methyl sites for hydroxylation is 1. The van der Waals surface area contributed by atoms with E-state index in [4.69, 9.17) is 0 Å². The zero-order chi connectivity index (χ0) is 18.8. The van der Waals surface area contributed by atoms with Crippen molar-refractivity contribution < 1.29 is 9.59 Å². The fourth-order valence-corrected chi connectivity index (χ4v) is 3.31. The van der Waals surface area contributed by atoms with Gasteiger partial charge in [-0.3, -0.25) is 14.0 Å². The van der Waals surface area contributed by atoms with Gasteiger partial charge in [0.05, 0.1) is 5.92 Å². The van der Waals surface area contributed by atoms with Gasteiger partial charge in [-0.2, -0.15) is 0 Å². The van der Waals surface area contributed by atoms with E-state index in [2.05, 4.69) is 20.3 Å². The Morgan fingerprint density at radius 1 is 1.22 bits per heavy atom. The van der Waals surface area contributed by atoms with Crippen molar-refractivity contribution in [3.8, 4) is 0 Å². The summed E-state index contributed by atoms with van der Waals surface area (Å²) < 4.78 is 1.71.